The van der Waals surface area contributed by atoms with Crippen molar-refractivity contribution in [3.63, 3.8) is 0 Å². The number of unbranched alkanes of at least 4 members (excludes halogenated alkanes) is 30. The molecule has 2 aromatic carbocycles. The van der Waals surface area contributed by atoms with Crippen molar-refractivity contribution in [1.82, 2.24) is 0 Å². The molecule has 0 spiro atoms. The number of hydrogen-bond acceptors (Lipinski definition) is 8. The fourth-order valence-electron chi connectivity index (χ4n) is 7.95. The Morgan fingerprint density at radius 3 is 1.12 bits per heavy atom. The summed E-state index contributed by atoms with van der Waals surface area (Å²) in [6.07, 6.45) is 42.2. The largest absolute Gasteiger partial charge is 0.485 e. The van der Waals surface area contributed by atoms with Crippen molar-refractivity contribution in [2.75, 3.05) is 39.6 Å². The van der Waals surface area contributed by atoms with Crippen LogP contribution in [0.4, 0.5) is 0 Å². The van der Waals surface area contributed by atoms with Crippen molar-refractivity contribution in [3.05, 3.63) is 59.7 Å². The van der Waals surface area contributed by atoms with Crippen LogP contribution in [0.15, 0.2) is 48.5 Å². The number of aliphatic hydroxyl groups is 2. The third-order valence-electron chi connectivity index (χ3n) is 12.0. The number of nitrogens with zero attached hydrogens (tertiary/aromatic N) is 1. The van der Waals surface area contributed by atoms with E-state index < -0.39 is 18.2 Å². The Morgan fingerprint density at radius 2 is 0.785 bits per heavy atom. The van der Waals surface area contributed by atoms with E-state index in [0.29, 0.717) is 31.1 Å². The lowest BCUT2D eigenvalue weighted by molar-refractivity contribution is 0.0180. The first-order valence-corrected chi connectivity index (χ1v) is 26.5. The van der Waals surface area contributed by atoms with Crippen LogP contribution in [0, 0.1) is 11.3 Å². The van der Waals surface area contributed by atoms with E-state index in [1.165, 1.54) is 192 Å². The van der Waals surface area contributed by atoms with Gasteiger partial charge in [-0.05, 0) is 37.1 Å². The number of benzene rings is 2. The molecule has 0 aliphatic rings. The lowest BCUT2D eigenvalue weighted by Crippen LogP contribution is -2.28. The quantitative estimate of drug-likeness (QED) is 0.0554. The molecule has 0 bridgehead atoms. The molecule has 3 N–H and O–H groups in total. The summed E-state index contributed by atoms with van der Waals surface area (Å²) in [5, 5.41) is 37.3. The Kier molecular flexibility index (Phi) is 42.3. The molecule has 0 aromatic heterocycles. The van der Waals surface area contributed by atoms with Gasteiger partial charge in [-0.15, -0.1) is 0 Å². The van der Waals surface area contributed by atoms with Gasteiger partial charge >= 0.3 is 5.97 Å². The second-order valence-electron chi connectivity index (χ2n) is 18.0. The number of carboxylic acids is 1. The molecule has 0 saturated carbocycles. The lowest BCUT2D eigenvalue weighted by Gasteiger charge is -2.18. The highest BCUT2D eigenvalue weighted by Crippen LogP contribution is 2.21. The zero-order chi connectivity index (χ0) is 47.1. The van der Waals surface area contributed by atoms with Gasteiger partial charge in [-0.25, -0.2) is 4.79 Å². The molecule has 0 radical (unpaired) electrons. The minimum atomic E-state index is -1.05. The summed E-state index contributed by atoms with van der Waals surface area (Å²) >= 11 is 0. The predicted molar refractivity (Wildman–Crippen MR) is 268 cm³/mol. The normalized spacial score (nSPS) is 12.0. The third kappa shape index (κ3) is 35.7. The number of hydrogen-bond donors (Lipinski definition) is 3. The molecule has 0 heterocycles. The summed E-state index contributed by atoms with van der Waals surface area (Å²) in [5.41, 5.74) is 0.567. The monoisotopic (exact) mass is 910 g/mol. The molecule has 0 aliphatic heterocycles. The summed E-state index contributed by atoms with van der Waals surface area (Å²) in [6, 6.07) is 15.6. The number of aliphatic hydroxyl groups excluding tert-OH is 2. The topological polar surface area (TPSA) is 138 Å². The smallest absolute Gasteiger partial charge is 0.339 e. The SMILES string of the molecule is CCCCCCCCCCCCCCCCCCOC[C@H](CO)Oc1ccccc1C#N.CCCCCCCCCCCCCCCCCCOC[C@H](CO)Oc1ccccc1C(=O)O. The number of rotatable bonds is 45. The number of aromatic carboxylic acids is 1. The van der Waals surface area contributed by atoms with Gasteiger partial charge in [0.2, 0.25) is 0 Å². The molecule has 0 aliphatic carbocycles. The van der Waals surface area contributed by atoms with Crippen molar-refractivity contribution in [2.45, 2.75) is 232 Å². The highest BCUT2D eigenvalue weighted by Gasteiger charge is 2.16. The van der Waals surface area contributed by atoms with Crippen LogP contribution < -0.4 is 9.47 Å². The second kappa shape index (κ2) is 46.0. The van der Waals surface area contributed by atoms with Gasteiger partial charge in [-0.3, -0.25) is 0 Å². The first-order chi connectivity index (χ1) is 32.0. The Hall–Kier alpha value is -3.16. The number of ether oxygens (including phenoxy) is 4. The zero-order valence-corrected chi connectivity index (χ0v) is 41.5. The Bertz CT molecular complexity index is 1380. The van der Waals surface area contributed by atoms with E-state index in [0.717, 1.165) is 19.3 Å². The van der Waals surface area contributed by atoms with Crippen LogP contribution in [0.25, 0.3) is 0 Å². The standard InChI is InChI=1S/C28H47NO3.C28H48O5/c1-2-3-4-5-6-7-8-9-10-11-12-13-14-15-16-19-22-31-25-27(24-30)32-28-21-18-17-20-26(28)23-29;1-2-3-4-5-6-7-8-9-10-11-12-13-14-15-16-19-22-32-24-25(23-29)33-27-21-18-17-20-26(27)28(30)31/h17-18,20-21,27,30H,2-16,19,22,24-25H2,1H3;17-18,20-21,25,29H,2-16,19,22-24H2,1H3,(H,30,31)/t27-;25-/m00/s1. The van der Waals surface area contributed by atoms with Gasteiger partial charge in [0.1, 0.15) is 35.3 Å². The fourth-order valence-corrected chi connectivity index (χ4v) is 7.95. The van der Waals surface area contributed by atoms with E-state index in [2.05, 4.69) is 19.9 Å². The van der Waals surface area contributed by atoms with Crippen molar-refractivity contribution >= 4 is 5.97 Å². The van der Waals surface area contributed by atoms with E-state index in [-0.39, 0.29) is 31.1 Å². The minimum Gasteiger partial charge on any atom is -0.485 e. The maximum absolute atomic E-state index is 11.3. The zero-order valence-electron chi connectivity index (χ0n) is 41.5. The predicted octanol–water partition coefficient (Wildman–Crippen LogP) is 15.0. The van der Waals surface area contributed by atoms with E-state index in [9.17, 15) is 20.1 Å². The average Bonchev–Trinajstić information content (AvgIpc) is 3.32. The molecule has 9 heteroatoms. The van der Waals surface area contributed by atoms with E-state index in [4.69, 9.17) is 24.2 Å². The van der Waals surface area contributed by atoms with Crippen LogP contribution in [-0.2, 0) is 9.47 Å². The molecule has 0 amide bonds. The summed E-state index contributed by atoms with van der Waals surface area (Å²) in [6.45, 7) is 6.14. The third-order valence-corrected chi connectivity index (χ3v) is 12.0. The van der Waals surface area contributed by atoms with Crippen molar-refractivity contribution in [1.29, 1.82) is 5.26 Å². The van der Waals surface area contributed by atoms with Gasteiger partial charge in [-0.1, -0.05) is 231 Å². The van der Waals surface area contributed by atoms with Gasteiger partial charge in [0.15, 0.2) is 0 Å². The van der Waals surface area contributed by atoms with Crippen LogP contribution in [-0.4, -0.2) is 73.1 Å². The number of nitriles is 1. The average molecular weight is 910 g/mol. The molecule has 372 valence electrons. The molecule has 0 saturated heterocycles. The van der Waals surface area contributed by atoms with Gasteiger partial charge in [0, 0.05) is 13.2 Å². The highest BCUT2D eigenvalue weighted by atomic mass is 16.5. The van der Waals surface area contributed by atoms with Crippen molar-refractivity contribution < 1.29 is 39.1 Å². The molecular formula is C56H95NO8. The van der Waals surface area contributed by atoms with E-state index in [1.807, 2.05) is 6.07 Å². The minimum absolute atomic E-state index is 0.0914. The molecular weight excluding hydrogens is 815 g/mol. The maximum Gasteiger partial charge on any atom is 0.339 e. The molecule has 0 fully saturated rings. The number of carbonyl (C=O) groups is 1. The maximum atomic E-state index is 11.3. The van der Waals surface area contributed by atoms with Crippen LogP contribution in [0.2, 0.25) is 0 Å². The Labute approximate surface area is 397 Å². The first-order valence-electron chi connectivity index (χ1n) is 26.5. The molecule has 2 atom stereocenters. The summed E-state index contributed by atoms with van der Waals surface area (Å²) < 4.78 is 22.7. The highest BCUT2D eigenvalue weighted by molar-refractivity contribution is 5.90. The van der Waals surface area contributed by atoms with Gasteiger partial charge in [0.25, 0.3) is 0 Å². The number of para-hydroxylation sites is 2. The lowest BCUT2D eigenvalue weighted by atomic mass is 10.0. The molecule has 2 aromatic rings. The van der Waals surface area contributed by atoms with Crippen molar-refractivity contribution in [3.8, 4) is 17.6 Å². The van der Waals surface area contributed by atoms with Crippen LogP contribution >= 0.6 is 0 Å². The van der Waals surface area contributed by atoms with Crippen molar-refractivity contribution in [2.24, 2.45) is 0 Å². The number of carboxylic acid groups (broad SMARTS) is 1. The first kappa shape index (κ1) is 59.9. The van der Waals surface area contributed by atoms with Gasteiger partial charge in [-0.2, -0.15) is 5.26 Å². The summed E-state index contributed by atoms with van der Waals surface area (Å²) in [5.74, 6) is -0.286. The molecule has 9 nitrogen and oxygen atoms in total. The van der Waals surface area contributed by atoms with Gasteiger partial charge in [0.05, 0.1) is 32.0 Å². The second-order valence-corrected chi connectivity index (χ2v) is 18.0. The van der Waals surface area contributed by atoms with Gasteiger partial charge < -0.3 is 34.3 Å². The molecule has 0 unspecified atom stereocenters. The van der Waals surface area contributed by atoms with Crippen LogP contribution in [0.1, 0.15) is 235 Å². The molecule has 2 rings (SSSR count). The Morgan fingerprint density at radius 1 is 0.477 bits per heavy atom. The van der Waals surface area contributed by atoms with E-state index >= 15 is 0 Å². The fraction of sp³-hybridized carbons (Fsp3) is 0.750. The molecule has 65 heavy (non-hydrogen) atoms. The summed E-state index contributed by atoms with van der Waals surface area (Å²) in [4.78, 5) is 11.3. The van der Waals surface area contributed by atoms with Crippen LogP contribution in [0.5, 0.6) is 11.5 Å². The Balaban J connectivity index is 0.000000650. The van der Waals surface area contributed by atoms with Crippen LogP contribution in [0.3, 0.4) is 0 Å². The van der Waals surface area contributed by atoms with E-state index in [1.54, 1.807) is 36.4 Å². The summed E-state index contributed by atoms with van der Waals surface area (Å²) in [7, 11) is 0.